The van der Waals surface area contributed by atoms with E-state index >= 15 is 0 Å². The van der Waals surface area contributed by atoms with Crippen LogP contribution >= 0.6 is 0 Å². The van der Waals surface area contributed by atoms with Gasteiger partial charge in [0.1, 0.15) is 0 Å². The van der Waals surface area contributed by atoms with Crippen molar-refractivity contribution in [3.63, 3.8) is 0 Å². The minimum absolute atomic E-state index is 0.0155. The number of benzene rings is 7. The zero-order valence-electron chi connectivity index (χ0n) is 44.9. The molecular weight excluding hydrogens is 886 g/mol. The molecule has 2 saturated carbocycles. The van der Waals surface area contributed by atoms with Crippen LogP contribution < -0.4 is 31.4 Å². The van der Waals surface area contributed by atoms with Gasteiger partial charge >= 0.3 is 0 Å². The molecule has 0 radical (unpaired) electrons. The Kier molecular flexibility index (Phi) is 9.04. The first-order chi connectivity index (χ1) is 34.3. The zero-order chi connectivity index (χ0) is 49.7. The second-order valence-electron chi connectivity index (χ2n) is 26.8. The van der Waals surface area contributed by atoms with Gasteiger partial charge in [-0.2, -0.15) is 0 Å². The summed E-state index contributed by atoms with van der Waals surface area (Å²) in [6.07, 6.45) is 9.47. The molecule has 5 heterocycles. The van der Waals surface area contributed by atoms with Crippen molar-refractivity contribution in [3.8, 4) is 5.69 Å². The van der Waals surface area contributed by atoms with Crippen LogP contribution in [0.5, 0.6) is 0 Å². The van der Waals surface area contributed by atoms with E-state index in [-0.39, 0.29) is 39.5 Å². The van der Waals surface area contributed by atoms with Gasteiger partial charge in [-0.3, -0.25) is 0 Å². The largest absolute Gasteiger partial charge is 0.335 e. The van der Waals surface area contributed by atoms with Crippen LogP contribution in [0.25, 0.3) is 27.5 Å². The van der Waals surface area contributed by atoms with Gasteiger partial charge in [-0.05, 0) is 137 Å². The first kappa shape index (κ1) is 44.9. The third-order valence-corrected chi connectivity index (χ3v) is 22.0. The molecule has 4 unspecified atom stereocenters. The minimum atomic E-state index is -1.84. The van der Waals surface area contributed by atoms with Gasteiger partial charge in [0, 0.05) is 55.6 Å². The average molecular weight is 958 g/mol. The Morgan fingerprint density at radius 3 is 1.71 bits per heavy atom. The highest BCUT2D eigenvalue weighted by Crippen LogP contribution is 2.67. The lowest BCUT2D eigenvalue weighted by Crippen LogP contribution is -2.65. The Labute approximate surface area is 430 Å². The van der Waals surface area contributed by atoms with E-state index in [0.29, 0.717) is 0 Å². The van der Waals surface area contributed by atoms with Crippen molar-refractivity contribution < 1.29 is 0 Å². The number of nitrogens with zero attached hydrogens (tertiary/aromatic N) is 3. The predicted octanol–water partition coefficient (Wildman–Crippen LogP) is 14.6. The van der Waals surface area contributed by atoms with E-state index in [1.54, 1.807) is 10.8 Å². The van der Waals surface area contributed by atoms with E-state index in [4.69, 9.17) is 0 Å². The number of hydrogen-bond donors (Lipinski definition) is 0. The van der Waals surface area contributed by atoms with Gasteiger partial charge in [-0.15, -0.1) is 0 Å². The fraction of sp³-hybridized carbons (Fsp3) is 0.373. The molecule has 0 N–H and O–H groups in total. The van der Waals surface area contributed by atoms with Crippen LogP contribution in [0, 0.1) is 0 Å². The van der Waals surface area contributed by atoms with Crippen molar-refractivity contribution in [2.45, 2.75) is 159 Å². The molecule has 0 saturated heterocycles. The molecule has 3 nitrogen and oxygen atoms in total. The number of aromatic nitrogens is 1. The summed E-state index contributed by atoms with van der Waals surface area (Å²) in [6, 6.07) is 56.7. The summed E-state index contributed by atoms with van der Waals surface area (Å²) in [6.45, 7) is 27.5. The lowest BCUT2D eigenvalue weighted by Gasteiger charge is -2.54. The van der Waals surface area contributed by atoms with Crippen molar-refractivity contribution in [3.05, 3.63) is 173 Å². The van der Waals surface area contributed by atoms with Crippen molar-refractivity contribution >= 4 is 80.9 Å². The molecule has 2 aliphatic carbocycles. The summed E-state index contributed by atoms with van der Waals surface area (Å²) in [5.74, 6) is 0. The Morgan fingerprint density at radius 1 is 0.500 bits per heavy atom. The number of rotatable bonds is 4. The minimum Gasteiger partial charge on any atom is -0.335 e. The third-order valence-electron chi connectivity index (χ3n) is 20.0. The van der Waals surface area contributed by atoms with E-state index in [1.807, 2.05) is 0 Å². The molecule has 72 heavy (non-hydrogen) atoms. The van der Waals surface area contributed by atoms with Crippen LogP contribution in [-0.4, -0.2) is 30.4 Å². The monoisotopic (exact) mass is 958 g/mol. The summed E-state index contributed by atoms with van der Waals surface area (Å²) >= 11 is 0. The van der Waals surface area contributed by atoms with Gasteiger partial charge in [0.05, 0.1) is 24.7 Å². The summed E-state index contributed by atoms with van der Waals surface area (Å²) in [5.41, 5.74) is 22.3. The first-order valence-electron chi connectivity index (χ1n) is 27.6. The molecule has 7 aromatic carbocycles. The van der Waals surface area contributed by atoms with Crippen molar-refractivity contribution in [2.24, 2.45) is 0 Å². The van der Waals surface area contributed by atoms with Crippen LogP contribution in [0.4, 0.5) is 22.7 Å². The number of hydrogen-bond acceptors (Lipinski definition) is 2. The number of fused-ring (bicyclic) bond motifs is 13. The standard InChI is InChI=1S/C67H72BN3Si/c1-62(2,3)45-30-31-55-49(36-45)50-37-46(63(4,5)6)38-53-60(50)69(55)57-39-47(70-56-29-19-18-28-51(56)66(43-24-14-12-15-25-43)34-22-20-32-64(66,70)7)40-58-59(57)68(53)54-42-48(72(9,10)11)41-52-61(54)71(58)65(8)33-21-23-35-67(52,65)44-26-16-13-17-27-44/h12-19,24-31,36-42H,20-23,32-35H2,1-11H3. The van der Waals surface area contributed by atoms with E-state index < -0.39 is 8.07 Å². The molecule has 2 fully saturated rings. The fourth-order valence-electron chi connectivity index (χ4n) is 16.5. The summed E-state index contributed by atoms with van der Waals surface area (Å²) in [7, 11) is -1.84. The van der Waals surface area contributed by atoms with E-state index in [9.17, 15) is 0 Å². The quantitative estimate of drug-likeness (QED) is 0.163. The maximum Gasteiger partial charge on any atom is 0.252 e. The van der Waals surface area contributed by atoms with Gasteiger partial charge in [0.2, 0.25) is 0 Å². The molecule has 14 rings (SSSR count). The van der Waals surface area contributed by atoms with Crippen LogP contribution in [-0.2, 0) is 21.7 Å². The molecule has 4 aliphatic heterocycles. The van der Waals surface area contributed by atoms with Crippen LogP contribution in [0.1, 0.15) is 140 Å². The Balaban J connectivity index is 1.17. The van der Waals surface area contributed by atoms with Crippen molar-refractivity contribution in [2.75, 3.05) is 9.80 Å². The lowest BCUT2D eigenvalue weighted by atomic mass is 9.33. The molecule has 1 aromatic heterocycles. The highest BCUT2D eigenvalue weighted by atomic mass is 28.3. The topological polar surface area (TPSA) is 11.4 Å². The maximum atomic E-state index is 3.01. The van der Waals surface area contributed by atoms with E-state index in [0.717, 1.165) is 25.7 Å². The first-order valence-corrected chi connectivity index (χ1v) is 31.1. The molecule has 4 atom stereocenters. The van der Waals surface area contributed by atoms with Gasteiger partial charge in [0.25, 0.3) is 6.71 Å². The maximum absolute atomic E-state index is 3.01. The van der Waals surface area contributed by atoms with Gasteiger partial charge in [-0.1, -0.05) is 195 Å². The van der Waals surface area contributed by atoms with Crippen molar-refractivity contribution in [1.82, 2.24) is 4.57 Å². The van der Waals surface area contributed by atoms with E-state index in [2.05, 4.69) is 229 Å². The highest BCUT2D eigenvalue weighted by Gasteiger charge is 2.65. The van der Waals surface area contributed by atoms with E-state index in [1.165, 1.54) is 120 Å². The molecule has 8 aromatic rings. The molecule has 5 heteroatoms. The van der Waals surface area contributed by atoms with Crippen LogP contribution in [0.3, 0.4) is 0 Å². The molecular formula is C67H72BN3Si. The normalized spacial score (nSPS) is 24.8. The Hall–Kier alpha value is -5.78. The van der Waals surface area contributed by atoms with Crippen LogP contribution in [0.15, 0.2) is 140 Å². The van der Waals surface area contributed by atoms with Gasteiger partial charge < -0.3 is 14.4 Å². The van der Waals surface area contributed by atoms with Gasteiger partial charge in [-0.25, -0.2) is 0 Å². The SMILES string of the molecule is CC(C)(C)c1ccc2c(c1)c1cc(C(C)(C)C)cc3c1n2-c1cc(N2c4ccccc4C4(c5ccccc5)CCCCC24C)cc2c1B3c1cc([Si](C)(C)C)cc3c1N2C1(C)CCCCC31c1ccccc1. The fourth-order valence-corrected chi connectivity index (χ4v) is 17.6. The summed E-state index contributed by atoms with van der Waals surface area (Å²) < 4.78 is 2.77. The smallest absolute Gasteiger partial charge is 0.252 e. The molecule has 362 valence electrons. The zero-order valence-corrected chi connectivity index (χ0v) is 45.9. The second kappa shape index (κ2) is 14.5. The highest BCUT2D eigenvalue weighted by molar-refractivity contribution is 7.01. The van der Waals surface area contributed by atoms with Crippen molar-refractivity contribution in [1.29, 1.82) is 0 Å². The summed E-state index contributed by atoms with van der Waals surface area (Å²) in [4.78, 5) is 5.89. The molecule has 0 bridgehead atoms. The molecule has 6 aliphatic rings. The average Bonchev–Trinajstić information content (AvgIpc) is 3.91. The Morgan fingerprint density at radius 2 is 1.07 bits per heavy atom. The third kappa shape index (κ3) is 5.49. The summed E-state index contributed by atoms with van der Waals surface area (Å²) in [5, 5.41) is 4.36. The molecule has 0 spiro atoms. The number of para-hydroxylation sites is 1. The lowest BCUT2D eigenvalue weighted by molar-refractivity contribution is 0.214. The van der Waals surface area contributed by atoms with Gasteiger partial charge in [0.15, 0.2) is 0 Å². The Bertz CT molecular complexity index is 3610. The second-order valence-corrected chi connectivity index (χ2v) is 31.8. The molecule has 0 amide bonds. The predicted molar refractivity (Wildman–Crippen MR) is 311 cm³/mol. The van der Waals surface area contributed by atoms with Crippen LogP contribution in [0.2, 0.25) is 19.6 Å². The number of anilines is 4.